The second-order valence-electron chi connectivity index (χ2n) is 8.73. The van der Waals surface area contributed by atoms with Gasteiger partial charge in [0, 0.05) is 6.54 Å². The molecule has 0 spiro atoms. The van der Waals surface area contributed by atoms with Crippen molar-refractivity contribution in [3.63, 3.8) is 0 Å². The van der Waals surface area contributed by atoms with Crippen LogP contribution in [0.1, 0.15) is 65.1 Å². The van der Waals surface area contributed by atoms with E-state index in [9.17, 15) is 31.4 Å². The Hall–Kier alpha value is -3.43. The fourth-order valence-electron chi connectivity index (χ4n) is 3.55. The van der Waals surface area contributed by atoms with Gasteiger partial charge in [0.05, 0.1) is 28.6 Å². The maximum Gasteiger partial charge on any atom is 0.416 e. The van der Waals surface area contributed by atoms with Crippen molar-refractivity contribution < 1.29 is 31.4 Å². The lowest BCUT2D eigenvalue weighted by Gasteiger charge is -2.13. The van der Waals surface area contributed by atoms with Gasteiger partial charge in [0.2, 0.25) is 0 Å². The lowest BCUT2D eigenvalue weighted by atomic mass is 10.1. The number of alkyl halides is 6. The molecule has 3 rings (SSSR count). The van der Waals surface area contributed by atoms with Crippen molar-refractivity contribution in [2.45, 2.75) is 38.2 Å². The SMILES string of the molecule is CCCCNCC(O)c1cc(/C=C/c2ccc(C(F)(F)F)cc2)nc(/C=C/c2ccc(C(F)(F)F)cc2)c1. The maximum atomic E-state index is 12.8. The molecule has 0 saturated heterocycles. The molecule has 0 aliphatic heterocycles. The molecule has 0 saturated carbocycles. The molecule has 0 bridgehead atoms. The number of unbranched alkanes of at least 4 members (excludes halogenated alkanes) is 1. The van der Waals surface area contributed by atoms with E-state index >= 15 is 0 Å². The summed E-state index contributed by atoms with van der Waals surface area (Å²) >= 11 is 0. The van der Waals surface area contributed by atoms with Crippen molar-refractivity contribution in [1.29, 1.82) is 0 Å². The molecule has 3 nitrogen and oxygen atoms in total. The van der Waals surface area contributed by atoms with E-state index in [1.165, 1.54) is 24.3 Å². The summed E-state index contributed by atoms with van der Waals surface area (Å²) < 4.78 is 76.9. The summed E-state index contributed by atoms with van der Waals surface area (Å²) in [5.41, 5.74) is 1.07. The monoisotopic (exact) mass is 534 g/mol. The molecule has 0 radical (unpaired) electrons. The molecular formula is C29H28F6N2O. The van der Waals surface area contributed by atoms with E-state index < -0.39 is 29.6 Å². The van der Waals surface area contributed by atoms with Gasteiger partial charge in [0.15, 0.2) is 0 Å². The predicted molar refractivity (Wildman–Crippen MR) is 138 cm³/mol. The van der Waals surface area contributed by atoms with Gasteiger partial charge in [-0.15, -0.1) is 0 Å². The average molecular weight is 535 g/mol. The van der Waals surface area contributed by atoms with Gasteiger partial charge in [-0.1, -0.05) is 49.8 Å². The second-order valence-corrected chi connectivity index (χ2v) is 8.73. The number of halogens is 6. The number of pyridine rings is 1. The van der Waals surface area contributed by atoms with E-state index in [-0.39, 0.29) is 0 Å². The molecule has 0 amide bonds. The van der Waals surface area contributed by atoms with Crippen molar-refractivity contribution in [3.05, 3.63) is 99.9 Å². The van der Waals surface area contributed by atoms with Gasteiger partial charge in [-0.05, 0) is 78.2 Å². The van der Waals surface area contributed by atoms with Crippen LogP contribution in [0.25, 0.3) is 24.3 Å². The first-order valence-corrected chi connectivity index (χ1v) is 12.1. The van der Waals surface area contributed by atoms with E-state index in [0.29, 0.717) is 34.6 Å². The van der Waals surface area contributed by atoms with Gasteiger partial charge in [0.1, 0.15) is 0 Å². The Morgan fingerprint density at radius 3 is 1.61 bits per heavy atom. The first-order chi connectivity index (χ1) is 18.0. The number of rotatable bonds is 10. The third-order valence-corrected chi connectivity index (χ3v) is 5.69. The van der Waals surface area contributed by atoms with Crippen LogP contribution in [0.5, 0.6) is 0 Å². The number of nitrogens with one attached hydrogen (secondary N) is 1. The standard InChI is InChI=1S/C29H28F6N2O/c1-2-3-16-36-19-27(38)22-17-25(14-8-20-4-10-23(11-5-20)28(30,31)32)37-26(18-22)15-9-21-6-12-24(13-7-21)29(33,34)35/h4-15,17-18,27,36,38H,2-3,16,19H2,1H3/b14-8+,15-9+. The van der Waals surface area contributed by atoms with Gasteiger partial charge >= 0.3 is 12.4 Å². The zero-order chi connectivity index (χ0) is 27.8. The summed E-state index contributed by atoms with van der Waals surface area (Å²) in [6.07, 6.45) is -1.24. The summed E-state index contributed by atoms with van der Waals surface area (Å²) in [5, 5.41) is 13.9. The minimum absolute atomic E-state index is 0.314. The normalized spacial score (nSPS) is 13.5. The molecule has 1 aromatic heterocycles. The van der Waals surface area contributed by atoms with Gasteiger partial charge in [-0.25, -0.2) is 4.98 Å². The number of nitrogens with zero attached hydrogens (tertiary/aromatic N) is 1. The first kappa shape index (κ1) is 29.1. The summed E-state index contributed by atoms with van der Waals surface area (Å²) in [4.78, 5) is 4.50. The fourth-order valence-corrected chi connectivity index (χ4v) is 3.55. The highest BCUT2D eigenvalue weighted by Gasteiger charge is 2.30. The highest BCUT2D eigenvalue weighted by molar-refractivity contribution is 5.72. The molecule has 0 fully saturated rings. The lowest BCUT2D eigenvalue weighted by molar-refractivity contribution is -0.138. The Balaban J connectivity index is 1.85. The molecule has 1 atom stereocenters. The van der Waals surface area contributed by atoms with Gasteiger partial charge in [-0.2, -0.15) is 26.3 Å². The van der Waals surface area contributed by atoms with Gasteiger partial charge in [-0.3, -0.25) is 0 Å². The smallest absolute Gasteiger partial charge is 0.387 e. The minimum atomic E-state index is -4.42. The van der Waals surface area contributed by atoms with Crippen LogP contribution >= 0.6 is 0 Å². The highest BCUT2D eigenvalue weighted by Crippen LogP contribution is 2.30. The van der Waals surface area contributed by atoms with Crippen LogP contribution in [0.15, 0.2) is 60.7 Å². The first-order valence-electron chi connectivity index (χ1n) is 12.1. The minimum Gasteiger partial charge on any atom is -0.387 e. The largest absolute Gasteiger partial charge is 0.416 e. The molecule has 9 heteroatoms. The molecule has 202 valence electrons. The van der Waals surface area contributed by atoms with Crippen LogP contribution in [-0.2, 0) is 12.4 Å². The van der Waals surface area contributed by atoms with Crippen LogP contribution < -0.4 is 5.32 Å². The number of hydrogen-bond acceptors (Lipinski definition) is 3. The van der Waals surface area contributed by atoms with E-state index in [4.69, 9.17) is 0 Å². The summed E-state index contributed by atoms with van der Waals surface area (Å²) in [6, 6.07) is 12.7. The summed E-state index contributed by atoms with van der Waals surface area (Å²) in [7, 11) is 0. The molecule has 0 aliphatic rings. The highest BCUT2D eigenvalue weighted by atomic mass is 19.4. The van der Waals surface area contributed by atoms with Crippen molar-refractivity contribution in [2.24, 2.45) is 0 Å². The van der Waals surface area contributed by atoms with Gasteiger partial charge in [0.25, 0.3) is 0 Å². The quantitative estimate of drug-likeness (QED) is 0.205. The topological polar surface area (TPSA) is 45.1 Å². The van der Waals surface area contributed by atoms with Crippen LogP contribution in [0.4, 0.5) is 26.3 Å². The Morgan fingerprint density at radius 1 is 0.763 bits per heavy atom. The van der Waals surface area contributed by atoms with Crippen molar-refractivity contribution in [1.82, 2.24) is 10.3 Å². The van der Waals surface area contributed by atoms with E-state index in [0.717, 1.165) is 43.7 Å². The molecule has 1 unspecified atom stereocenters. The third-order valence-electron chi connectivity index (χ3n) is 5.69. The number of benzene rings is 2. The van der Waals surface area contributed by atoms with Crippen LogP contribution in [0, 0.1) is 0 Å². The molecule has 0 aliphatic carbocycles. The van der Waals surface area contributed by atoms with E-state index in [2.05, 4.69) is 17.2 Å². The van der Waals surface area contributed by atoms with Crippen molar-refractivity contribution in [3.8, 4) is 0 Å². The molecule has 2 N–H and O–H groups in total. The lowest BCUT2D eigenvalue weighted by Crippen LogP contribution is -2.22. The molecular weight excluding hydrogens is 506 g/mol. The second kappa shape index (κ2) is 12.9. The zero-order valence-corrected chi connectivity index (χ0v) is 20.7. The number of aromatic nitrogens is 1. The molecule has 1 heterocycles. The molecule has 2 aromatic carbocycles. The Morgan fingerprint density at radius 2 is 1.21 bits per heavy atom. The van der Waals surface area contributed by atoms with Crippen molar-refractivity contribution in [2.75, 3.05) is 13.1 Å². The average Bonchev–Trinajstić information content (AvgIpc) is 2.88. The van der Waals surface area contributed by atoms with Crippen molar-refractivity contribution >= 4 is 24.3 Å². The van der Waals surface area contributed by atoms with E-state index in [1.807, 2.05) is 0 Å². The maximum absolute atomic E-state index is 12.8. The zero-order valence-electron chi connectivity index (χ0n) is 20.7. The predicted octanol–water partition coefficient (Wildman–Crippen LogP) is 7.88. The number of hydrogen-bond donors (Lipinski definition) is 2. The molecule has 38 heavy (non-hydrogen) atoms. The van der Waals surface area contributed by atoms with E-state index in [1.54, 1.807) is 36.4 Å². The third kappa shape index (κ3) is 8.85. The fraction of sp³-hybridized carbons (Fsp3) is 0.276. The Bertz CT molecular complexity index is 1140. The number of aliphatic hydroxyl groups is 1. The summed E-state index contributed by atoms with van der Waals surface area (Å²) in [5.74, 6) is 0. The Kier molecular flexibility index (Phi) is 9.88. The summed E-state index contributed by atoms with van der Waals surface area (Å²) in [6.45, 7) is 3.12. The van der Waals surface area contributed by atoms with Gasteiger partial charge < -0.3 is 10.4 Å². The van der Waals surface area contributed by atoms with Crippen LogP contribution in [0.3, 0.4) is 0 Å². The Labute approximate surface area is 217 Å². The number of aliphatic hydroxyl groups excluding tert-OH is 1. The van der Waals surface area contributed by atoms with Crippen LogP contribution in [-0.4, -0.2) is 23.2 Å². The van der Waals surface area contributed by atoms with Crippen LogP contribution in [0.2, 0.25) is 0 Å². The molecule has 3 aromatic rings.